The van der Waals surface area contributed by atoms with Gasteiger partial charge in [-0.2, -0.15) is 0 Å². The van der Waals surface area contributed by atoms with Crippen molar-refractivity contribution in [3.8, 4) is 11.1 Å². The van der Waals surface area contributed by atoms with Crippen LogP contribution >= 0.6 is 0 Å². The third-order valence-electron chi connectivity index (χ3n) is 16.9. The monoisotopic (exact) mass is 1020 g/mol. The number of para-hydroxylation sites is 1. The minimum atomic E-state index is -0.953. The summed E-state index contributed by atoms with van der Waals surface area (Å²) in [6.07, 6.45) is 8.74. The van der Waals surface area contributed by atoms with Crippen molar-refractivity contribution >= 4 is 63.3 Å². The molecule has 18 heteroatoms. The second-order valence-electron chi connectivity index (χ2n) is 21.4. The van der Waals surface area contributed by atoms with Gasteiger partial charge in [-0.25, -0.2) is 14.2 Å². The molecule has 3 N–H and O–H groups in total. The van der Waals surface area contributed by atoms with Crippen molar-refractivity contribution in [2.45, 2.75) is 95.3 Å². The number of aryl methyl sites for hydroxylation is 1. The summed E-state index contributed by atoms with van der Waals surface area (Å²) in [6, 6.07) is 20.8. The molecule has 6 heterocycles. The zero-order chi connectivity index (χ0) is 52.1. The second kappa shape index (κ2) is 21.0. The van der Waals surface area contributed by atoms with E-state index in [-0.39, 0.29) is 41.8 Å². The minimum Gasteiger partial charge on any atom is -0.370 e. The summed E-state index contributed by atoms with van der Waals surface area (Å²) >= 11 is 0. The van der Waals surface area contributed by atoms with Crippen LogP contribution in [0, 0.1) is 11.7 Å². The SMILES string of the molecule is CNC(=O)c1cccc(NC(=O)C2c3c(ccc(-c4ccc(N5CCCC5=O)cc4CN4CCN(CC5CCN(c6cccc7c6n(C)c(=O)n7C6CCC(=O)NC6=O)CC5)CC4)c3F)N(C)N2C2CCCCC2)c1. The zero-order valence-electron chi connectivity index (χ0n) is 43.3. The highest BCUT2D eigenvalue weighted by atomic mass is 19.1. The van der Waals surface area contributed by atoms with Crippen LogP contribution in [0.25, 0.3) is 22.2 Å². The first kappa shape index (κ1) is 50.3. The van der Waals surface area contributed by atoms with E-state index in [2.05, 4.69) is 47.8 Å². The van der Waals surface area contributed by atoms with Gasteiger partial charge in [0, 0.05) is 127 Å². The van der Waals surface area contributed by atoms with Gasteiger partial charge in [0.2, 0.25) is 23.6 Å². The molecule has 17 nitrogen and oxygen atoms in total. The number of nitrogens with zero attached hydrogens (tertiary/aromatic N) is 8. The van der Waals surface area contributed by atoms with E-state index in [1.54, 1.807) is 47.5 Å². The number of benzene rings is 4. The number of imidazole rings is 1. The molecular formula is C57H68FN11O6. The predicted octanol–water partition coefficient (Wildman–Crippen LogP) is 6.32. The Morgan fingerprint density at radius 1 is 0.747 bits per heavy atom. The fourth-order valence-electron chi connectivity index (χ4n) is 13.0. The molecule has 2 unspecified atom stereocenters. The van der Waals surface area contributed by atoms with E-state index in [0.717, 1.165) is 125 Å². The van der Waals surface area contributed by atoms with Crippen LogP contribution in [0.5, 0.6) is 0 Å². The number of aromatic nitrogens is 2. The third kappa shape index (κ3) is 9.60. The average Bonchev–Trinajstić information content (AvgIpc) is 4.09. The quantitative estimate of drug-likeness (QED) is 0.120. The molecule has 5 aromatic rings. The molecule has 5 fully saturated rings. The fourth-order valence-corrected chi connectivity index (χ4v) is 13.0. The fraction of sp³-hybridized carbons (Fsp3) is 0.474. The molecule has 5 amide bonds. The number of hydrogen-bond donors (Lipinski definition) is 3. The number of halogens is 1. The van der Waals surface area contributed by atoms with Gasteiger partial charge < -0.3 is 30.3 Å². The Bertz CT molecular complexity index is 3110. The zero-order valence-corrected chi connectivity index (χ0v) is 43.3. The smallest absolute Gasteiger partial charge is 0.329 e. The number of nitrogens with one attached hydrogen (secondary N) is 3. The van der Waals surface area contributed by atoms with Crippen molar-refractivity contribution in [1.29, 1.82) is 0 Å². The number of carbonyl (C=O) groups is 5. The molecule has 0 bridgehead atoms. The van der Waals surface area contributed by atoms with Gasteiger partial charge in [-0.1, -0.05) is 37.5 Å². The van der Waals surface area contributed by atoms with E-state index in [4.69, 9.17) is 0 Å². The van der Waals surface area contributed by atoms with Gasteiger partial charge in [-0.3, -0.25) is 43.3 Å². The summed E-state index contributed by atoms with van der Waals surface area (Å²) in [4.78, 5) is 87.9. The van der Waals surface area contributed by atoms with E-state index in [1.807, 2.05) is 53.4 Å². The summed E-state index contributed by atoms with van der Waals surface area (Å²) in [6.45, 7) is 7.28. The number of hydrazine groups is 1. The Labute approximate surface area is 436 Å². The number of imide groups is 1. The summed E-state index contributed by atoms with van der Waals surface area (Å²) in [5, 5.41) is 12.1. The van der Waals surface area contributed by atoms with Gasteiger partial charge in [0.05, 0.1) is 22.4 Å². The number of rotatable bonds is 12. The highest BCUT2D eigenvalue weighted by Gasteiger charge is 2.46. The maximum Gasteiger partial charge on any atom is 0.329 e. The highest BCUT2D eigenvalue weighted by molar-refractivity contribution is 6.02. The lowest BCUT2D eigenvalue weighted by atomic mass is 9.91. The van der Waals surface area contributed by atoms with Crippen LogP contribution in [0.4, 0.5) is 27.1 Å². The largest absolute Gasteiger partial charge is 0.370 e. The molecule has 11 rings (SSSR count). The number of piperidine rings is 2. The van der Waals surface area contributed by atoms with Crippen molar-refractivity contribution in [3.63, 3.8) is 0 Å². The van der Waals surface area contributed by atoms with E-state index >= 15 is 4.39 Å². The number of piperazine rings is 1. The molecule has 4 saturated heterocycles. The van der Waals surface area contributed by atoms with Crippen LogP contribution in [0.1, 0.15) is 104 Å². The Hall–Kier alpha value is -6.89. The molecule has 6 aliphatic rings. The first-order valence-corrected chi connectivity index (χ1v) is 27.0. The molecule has 4 aromatic carbocycles. The van der Waals surface area contributed by atoms with Crippen LogP contribution in [-0.4, -0.2) is 126 Å². The lowest BCUT2D eigenvalue weighted by Gasteiger charge is -2.39. The number of anilines is 4. The molecule has 2 atom stereocenters. The van der Waals surface area contributed by atoms with Gasteiger partial charge in [0.15, 0.2) is 0 Å². The van der Waals surface area contributed by atoms with Crippen molar-refractivity contribution in [2.75, 3.05) is 86.6 Å². The van der Waals surface area contributed by atoms with E-state index in [9.17, 15) is 28.8 Å². The van der Waals surface area contributed by atoms with Gasteiger partial charge in [0.25, 0.3) is 5.91 Å². The van der Waals surface area contributed by atoms with E-state index < -0.39 is 23.8 Å². The molecule has 1 aromatic heterocycles. The molecule has 5 aliphatic heterocycles. The normalized spacial score (nSPS) is 21.5. The summed E-state index contributed by atoms with van der Waals surface area (Å²) in [7, 11) is 5.23. The molecule has 75 heavy (non-hydrogen) atoms. The lowest BCUT2D eigenvalue weighted by molar-refractivity contribution is -0.135. The first-order chi connectivity index (χ1) is 36.4. The summed E-state index contributed by atoms with van der Waals surface area (Å²) in [5.74, 6) is -1.24. The van der Waals surface area contributed by atoms with Crippen molar-refractivity contribution in [3.05, 3.63) is 106 Å². The van der Waals surface area contributed by atoms with Crippen LogP contribution in [-0.2, 0) is 32.8 Å². The predicted molar refractivity (Wildman–Crippen MR) is 287 cm³/mol. The Morgan fingerprint density at radius 2 is 1.49 bits per heavy atom. The van der Waals surface area contributed by atoms with Crippen LogP contribution in [0.2, 0.25) is 0 Å². The van der Waals surface area contributed by atoms with Gasteiger partial charge in [-0.05, 0) is 110 Å². The number of hydrogen-bond acceptors (Lipinski definition) is 11. The Morgan fingerprint density at radius 3 is 2.23 bits per heavy atom. The van der Waals surface area contributed by atoms with Gasteiger partial charge in [-0.15, -0.1) is 0 Å². The first-order valence-electron chi connectivity index (χ1n) is 27.0. The molecule has 0 spiro atoms. The molecule has 0 radical (unpaired) electrons. The van der Waals surface area contributed by atoms with Crippen LogP contribution < -0.4 is 36.4 Å². The molecule has 1 aliphatic carbocycles. The Kier molecular flexibility index (Phi) is 14.1. The van der Waals surface area contributed by atoms with Crippen molar-refractivity contribution in [1.82, 2.24) is 34.6 Å². The van der Waals surface area contributed by atoms with Gasteiger partial charge >= 0.3 is 5.69 Å². The number of fused-ring (bicyclic) bond motifs is 2. The highest BCUT2D eigenvalue weighted by Crippen LogP contribution is 2.48. The second-order valence-corrected chi connectivity index (χ2v) is 21.4. The minimum absolute atomic E-state index is 0.0402. The molecule has 1 saturated carbocycles. The standard InChI is InChI=1S/C57H68FN11O6/c1-59-54(72)37-10-7-11-39(32-37)60-56(74)53-50-44(63(3)69(53)40-12-5-4-6-13-40)20-19-43(51(50)58)42-18-17-41(67-25-9-16-49(67)71)33-38(42)35-65-30-28-64(29-31-65)34-36-23-26-66(27-24-36)45-14-8-15-46-52(45)62(2)57(75)68(46)47-21-22-48(70)61-55(47)73/h7-8,10-11,14-15,17-20,32-33,36,40,47,53H,4-6,9,12-13,16,21-31,34-35H2,1-3H3,(H,59,72)(H,60,74)(H,61,70,73). The topological polar surface area (TPSA) is 168 Å². The lowest BCUT2D eigenvalue weighted by Crippen LogP contribution is -2.48. The number of amides is 5. The molecular weight excluding hydrogens is 954 g/mol. The third-order valence-corrected chi connectivity index (χ3v) is 16.9. The maximum atomic E-state index is 17.9. The summed E-state index contributed by atoms with van der Waals surface area (Å²) in [5.41, 5.74) is 6.93. The number of carbonyl (C=O) groups excluding carboxylic acids is 5. The van der Waals surface area contributed by atoms with Gasteiger partial charge in [0.1, 0.15) is 17.9 Å². The van der Waals surface area contributed by atoms with Crippen LogP contribution in [0.15, 0.2) is 77.6 Å². The van der Waals surface area contributed by atoms with E-state index in [1.165, 1.54) is 0 Å². The van der Waals surface area contributed by atoms with Crippen molar-refractivity contribution in [2.24, 2.45) is 13.0 Å². The Balaban J connectivity index is 0.801. The molecule has 394 valence electrons. The maximum absolute atomic E-state index is 17.9. The average molecular weight is 1020 g/mol. The van der Waals surface area contributed by atoms with Crippen molar-refractivity contribution < 1.29 is 28.4 Å². The summed E-state index contributed by atoms with van der Waals surface area (Å²) < 4.78 is 21.1. The van der Waals surface area contributed by atoms with Crippen LogP contribution in [0.3, 0.4) is 0 Å². The van der Waals surface area contributed by atoms with E-state index in [0.29, 0.717) is 65.4 Å².